The van der Waals surface area contributed by atoms with E-state index >= 15 is 0 Å². The summed E-state index contributed by atoms with van der Waals surface area (Å²) < 4.78 is 0. The quantitative estimate of drug-likeness (QED) is 0.599. The minimum Gasteiger partial charge on any atom is -0.545 e. The van der Waals surface area contributed by atoms with Crippen molar-refractivity contribution in [2.45, 2.75) is 6.92 Å². The molecule has 0 saturated heterocycles. The third kappa shape index (κ3) is 1.65. The zero-order chi connectivity index (χ0) is 8.43. The van der Waals surface area contributed by atoms with E-state index in [1.165, 1.54) is 18.4 Å². The Morgan fingerprint density at radius 1 is 1.55 bits per heavy atom. The van der Waals surface area contributed by atoms with Crippen LogP contribution in [0.2, 0.25) is 0 Å². The Bertz CT molecular complexity index is 272. The van der Waals surface area contributed by atoms with Crippen LogP contribution in [0.15, 0.2) is 11.4 Å². The molecule has 0 saturated carbocycles. The van der Waals surface area contributed by atoms with Crippen molar-refractivity contribution >= 4 is 23.1 Å². The van der Waals surface area contributed by atoms with E-state index in [1.54, 1.807) is 0 Å². The van der Waals surface area contributed by atoms with E-state index < -0.39 is 5.97 Å². The fraction of sp³-hybridized carbons (Fsp3) is 0.143. The molecule has 0 aliphatic rings. The Balaban J connectivity index is 2.99. The fourth-order valence-electron chi connectivity index (χ4n) is 0.628. The molecule has 0 bridgehead atoms. The van der Waals surface area contributed by atoms with Crippen LogP contribution in [0.5, 0.6) is 0 Å². The average molecular weight is 169 g/mol. The molecule has 1 rings (SSSR count). The maximum atomic E-state index is 10.7. The standard InChI is InChI=1S/C7H6O3S/c1-4(8)6-2-5(3-11-6)7(9)10/h2-3H,1H3,(H,9,10)/p-1. The van der Waals surface area contributed by atoms with Crippen molar-refractivity contribution in [3.8, 4) is 0 Å². The smallest absolute Gasteiger partial charge is 0.169 e. The number of hydrogen-bond acceptors (Lipinski definition) is 4. The van der Waals surface area contributed by atoms with Gasteiger partial charge in [0.15, 0.2) is 5.78 Å². The van der Waals surface area contributed by atoms with E-state index in [2.05, 4.69) is 0 Å². The Labute approximate surface area is 67.3 Å². The first kappa shape index (κ1) is 7.94. The van der Waals surface area contributed by atoms with Gasteiger partial charge in [0.1, 0.15) is 0 Å². The molecule has 1 aromatic heterocycles. The molecule has 0 unspecified atom stereocenters. The minimum atomic E-state index is -1.24. The van der Waals surface area contributed by atoms with Gasteiger partial charge in [-0.15, -0.1) is 11.3 Å². The van der Waals surface area contributed by atoms with Gasteiger partial charge in [0.25, 0.3) is 0 Å². The number of carbonyl (C=O) groups excluding carboxylic acids is 2. The van der Waals surface area contributed by atoms with Crippen LogP contribution in [-0.4, -0.2) is 11.8 Å². The number of thiophene rings is 1. The van der Waals surface area contributed by atoms with E-state index in [9.17, 15) is 14.7 Å². The predicted molar refractivity (Wildman–Crippen MR) is 38.7 cm³/mol. The highest BCUT2D eigenvalue weighted by Crippen LogP contribution is 2.14. The number of carboxylic acid groups (broad SMARTS) is 1. The molecule has 1 aromatic rings. The maximum absolute atomic E-state index is 10.7. The van der Waals surface area contributed by atoms with Crippen molar-refractivity contribution in [2.24, 2.45) is 0 Å². The van der Waals surface area contributed by atoms with E-state index in [1.807, 2.05) is 0 Å². The topological polar surface area (TPSA) is 57.2 Å². The maximum Gasteiger partial charge on any atom is 0.169 e. The minimum absolute atomic E-state index is 0.0696. The third-order valence-electron chi connectivity index (χ3n) is 1.18. The Hall–Kier alpha value is -1.16. The van der Waals surface area contributed by atoms with Crippen molar-refractivity contribution in [2.75, 3.05) is 0 Å². The monoisotopic (exact) mass is 169 g/mol. The van der Waals surface area contributed by atoms with Crippen LogP contribution >= 0.6 is 11.3 Å². The van der Waals surface area contributed by atoms with Gasteiger partial charge in [-0.25, -0.2) is 0 Å². The zero-order valence-electron chi connectivity index (χ0n) is 5.79. The molecule has 0 spiro atoms. The van der Waals surface area contributed by atoms with Gasteiger partial charge in [-0.1, -0.05) is 0 Å². The van der Waals surface area contributed by atoms with Crippen molar-refractivity contribution in [3.63, 3.8) is 0 Å². The predicted octanol–water partition coefficient (Wildman–Crippen LogP) is 0.314. The summed E-state index contributed by atoms with van der Waals surface area (Å²) in [5, 5.41) is 11.6. The molecule has 0 amide bonds. The summed E-state index contributed by atoms with van der Waals surface area (Å²) in [7, 11) is 0. The van der Waals surface area contributed by atoms with Gasteiger partial charge in [-0.05, 0) is 13.0 Å². The lowest BCUT2D eigenvalue weighted by molar-refractivity contribution is -0.255. The second kappa shape index (κ2) is 2.84. The van der Waals surface area contributed by atoms with Gasteiger partial charge in [-0.2, -0.15) is 0 Å². The van der Waals surface area contributed by atoms with Gasteiger partial charge in [0.05, 0.1) is 10.8 Å². The summed E-state index contributed by atoms with van der Waals surface area (Å²) >= 11 is 1.12. The van der Waals surface area contributed by atoms with Crippen molar-refractivity contribution in [3.05, 3.63) is 21.9 Å². The normalized spacial score (nSPS) is 9.55. The SMILES string of the molecule is CC(=O)c1cc(C(=O)[O-])cs1. The lowest BCUT2D eigenvalue weighted by atomic mass is 10.3. The highest BCUT2D eigenvalue weighted by Gasteiger charge is 2.03. The molecular formula is C7H5O3S-. The summed E-state index contributed by atoms with van der Waals surface area (Å²) in [6, 6.07) is 1.32. The summed E-state index contributed by atoms with van der Waals surface area (Å²) in [4.78, 5) is 21.3. The number of carbonyl (C=O) groups is 2. The number of Topliss-reactive ketones (excluding diaryl/α,β-unsaturated/α-hetero) is 1. The molecular weight excluding hydrogens is 164 g/mol. The molecule has 0 aliphatic heterocycles. The summed E-state index contributed by atoms with van der Waals surface area (Å²) in [6.07, 6.45) is 0. The molecule has 0 N–H and O–H groups in total. The molecule has 3 nitrogen and oxygen atoms in total. The van der Waals surface area contributed by atoms with Crippen molar-refractivity contribution < 1.29 is 14.7 Å². The molecule has 0 fully saturated rings. The highest BCUT2D eigenvalue weighted by molar-refractivity contribution is 7.12. The first-order chi connectivity index (χ1) is 5.11. The molecule has 58 valence electrons. The van der Waals surface area contributed by atoms with Gasteiger partial charge in [0, 0.05) is 10.9 Å². The van der Waals surface area contributed by atoms with Crippen LogP contribution < -0.4 is 5.11 Å². The second-order valence-corrected chi connectivity index (χ2v) is 2.95. The van der Waals surface area contributed by atoms with Crippen LogP contribution in [0.25, 0.3) is 0 Å². The van der Waals surface area contributed by atoms with Crippen LogP contribution in [-0.2, 0) is 0 Å². The number of aromatic carboxylic acids is 1. The summed E-state index contributed by atoms with van der Waals surface area (Å²) in [5.41, 5.74) is 0.0696. The van der Waals surface area contributed by atoms with Gasteiger partial charge >= 0.3 is 0 Å². The number of ketones is 1. The zero-order valence-corrected chi connectivity index (χ0v) is 6.60. The number of hydrogen-bond donors (Lipinski definition) is 0. The number of rotatable bonds is 2. The Kier molecular flexibility index (Phi) is 2.05. The van der Waals surface area contributed by atoms with Gasteiger partial charge < -0.3 is 9.90 Å². The van der Waals surface area contributed by atoms with E-state index in [0.29, 0.717) is 4.88 Å². The van der Waals surface area contributed by atoms with E-state index in [4.69, 9.17) is 0 Å². The lowest BCUT2D eigenvalue weighted by Crippen LogP contribution is -2.21. The van der Waals surface area contributed by atoms with Crippen molar-refractivity contribution in [1.29, 1.82) is 0 Å². The van der Waals surface area contributed by atoms with Crippen LogP contribution in [0, 0.1) is 0 Å². The highest BCUT2D eigenvalue weighted by atomic mass is 32.1. The molecule has 0 aliphatic carbocycles. The average Bonchev–Trinajstić information content (AvgIpc) is 2.33. The van der Waals surface area contributed by atoms with Crippen LogP contribution in [0.4, 0.5) is 0 Å². The van der Waals surface area contributed by atoms with Crippen molar-refractivity contribution in [1.82, 2.24) is 0 Å². The lowest BCUT2D eigenvalue weighted by Gasteiger charge is -1.93. The third-order valence-corrected chi connectivity index (χ3v) is 2.21. The fourth-order valence-corrected chi connectivity index (χ4v) is 1.41. The van der Waals surface area contributed by atoms with E-state index in [0.717, 1.165) is 11.3 Å². The Morgan fingerprint density at radius 2 is 2.18 bits per heavy atom. The van der Waals surface area contributed by atoms with Gasteiger partial charge in [-0.3, -0.25) is 4.79 Å². The number of carboxylic acids is 1. The first-order valence-corrected chi connectivity index (χ1v) is 3.80. The molecule has 1 heterocycles. The summed E-state index contributed by atoms with van der Waals surface area (Å²) in [6.45, 7) is 1.39. The first-order valence-electron chi connectivity index (χ1n) is 2.92. The second-order valence-electron chi connectivity index (χ2n) is 2.04. The van der Waals surface area contributed by atoms with Crippen LogP contribution in [0.3, 0.4) is 0 Å². The molecule has 0 atom stereocenters. The molecule has 11 heavy (non-hydrogen) atoms. The molecule has 0 radical (unpaired) electrons. The molecule has 4 heteroatoms. The van der Waals surface area contributed by atoms with E-state index in [-0.39, 0.29) is 11.3 Å². The van der Waals surface area contributed by atoms with Crippen LogP contribution in [0.1, 0.15) is 27.0 Å². The summed E-state index contributed by atoms with van der Waals surface area (Å²) in [5.74, 6) is -1.36. The largest absolute Gasteiger partial charge is 0.545 e. The molecule has 0 aromatic carbocycles. The van der Waals surface area contributed by atoms with Gasteiger partial charge in [0.2, 0.25) is 0 Å². The Morgan fingerprint density at radius 3 is 2.45 bits per heavy atom.